The van der Waals surface area contributed by atoms with Crippen LogP contribution in [0.4, 0.5) is 0 Å². The maximum atomic E-state index is 14.1. The standard InChI is InChI=1S/C58H72N6O8S/c1-6-49(41-17-23-45(65)24-18-41)53(42-19-25-46(66)26-20-42)43-21-27-48(28-22-43)72-34-33-62-29-31-63(32-30-62)52(69)12-10-8-7-9-11-51(68)61-55(58(3,4)5)57(71)64-37-47(67)35-50(64)56(70)59-36-40-13-15-44(16-14-40)54-39(2)60-38-73-54/h13-28,38,47,50,55,65-67H,6-12,29-37H2,1-5H3,(H,59,70)(H,61,68)/t47-,50+,55-/m1/s1. The van der Waals surface area contributed by atoms with Crippen molar-refractivity contribution in [2.75, 3.05) is 45.9 Å². The Morgan fingerprint density at radius 3 is 1.99 bits per heavy atom. The third-order valence-corrected chi connectivity index (χ3v) is 14.8. The molecule has 3 atom stereocenters. The molecule has 0 bridgehead atoms. The molecule has 0 radical (unpaired) electrons. The number of amides is 4. The Balaban J connectivity index is 0.788. The molecule has 5 N–H and O–H groups in total. The molecule has 4 aromatic carbocycles. The fraction of sp³-hybridized carbons (Fsp3) is 0.431. The Labute approximate surface area is 434 Å². The molecule has 7 rings (SSSR count). The van der Waals surface area contributed by atoms with Gasteiger partial charge in [-0.25, -0.2) is 4.98 Å². The summed E-state index contributed by atoms with van der Waals surface area (Å²) in [5.74, 6) is 0.349. The zero-order valence-electron chi connectivity index (χ0n) is 42.9. The highest BCUT2D eigenvalue weighted by atomic mass is 32.1. The van der Waals surface area contributed by atoms with Crippen LogP contribution >= 0.6 is 11.3 Å². The summed E-state index contributed by atoms with van der Waals surface area (Å²) in [6, 6.07) is 28.7. The van der Waals surface area contributed by atoms with Gasteiger partial charge < -0.3 is 40.5 Å². The van der Waals surface area contributed by atoms with E-state index < -0.39 is 23.6 Å². The summed E-state index contributed by atoms with van der Waals surface area (Å²) in [7, 11) is 0. The summed E-state index contributed by atoms with van der Waals surface area (Å²) < 4.78 is 6.17. The van der Waals surface area contributed by atoms with Crippen LogP contribution < -0.4 is 15.4 Å². The number of nitrogens with one attached hydrogen (secondary N) is 2. The second-order valence-electron chi connectivity index (χ2n) is 20.3. The number of carbonyl (C=O) groups excluding carboxylic acids is 4. The number of allylic oxidation sites excluding steroid dienone is 1. The lowest BCUT2D eigenvalue weighted by Crippen LogP contribution is -2.57. The number of rotatable bonds is 21. The first-order valence-corrected chi connectivity index (χ1v) is 26.6. The molecule has 2 aliphatic rings. The Morgan fingerprint density at radius 2 is 1.40 bits per heavy atom. The number of nitrogens with zero attached hydrogens (tertiary/aromatic N) is 4. The number of phenols is 2. The molecule has 2 saturated heterocycles. The summed E-state index contributed by atoms with van der Waals surface area (Å²) in [6.45, 7) is 14.1. The lowest BCUT2D eigenvalue weighted by atomic mass is 9.85. The molecular weight excluding hydrogens is 941 g/mol. The lowest BCUT2D eigenvalue weighted by Gasteiger charge is -2.35. The fourth-order valence-corrected chi connectivity index (χ4v) is 10.5. The van der Waals surface area contributed by atoms with Crippen molar-refractivity contribution in [3.63, 3.8) is 0 Å². The van der Waals surface area contributed by atoms with Gasteiger partial charge in [-0.1, -0.05) is 101 Å². The van der Waals surface area contributed by atoms with Crippen molar-refractivity contribution < 1.29 is 39.2 Å². The quantitative estimate of drug-likeness (QED) is 0.0353. The number of benzene rings is 4. The van der Waals surface area contributed by atoms with Gasteiger partial charge in [-0.3, -0.25) is 24.1 Å². The first-order chi connectivity index (χ1) is 35.1. The maximum absolute atomic E-state index is 14.1. The van der Waals surface area contributed by atoms with Crippen LogP contribution in [-0.4, -0.2) is 123 Å². The van der Waals surface area contributed by atoms with Crippen LogP contribution in [0.1, 0.15) is 107 Å². The summed E-state index contributed by atoms with van der Waals surface area (Å²) in [4.78, 5) is 65.0. The van der Waals surface area contributed by atoms with Crippen LogP contribution in [0.25, 0.3) is 21.6 Å². The Morgan fingerprint density at radius 1 is 0.795 bits per heavy atom. The summed E-state index contributed by atoms with van der Waals surface area (Å²) in [5.41, 5.74) is 9.28. The van der Waals surface area contributed by atoms with Crippen molar-refractivity contribution in [3.05, 3.63) is 131 Å². The van der Waals surface area contributed by atoms with Gasteiger partial charge in [0.1, 0.15) is 35.9 Å². The first-order valence-electron chi connectivity index (χ1n) is 25.7. The van der Waals surface area contributed by atoms with Crippen LogP contribution in [0.3, 0.4) is 0 Å². The van der Waals surface area contributed by atoms with Gasteiger partial charge in [-0.2, -0.15) is 0 Å². The number of thiazole rings is 1. The van der Waals surface area contributed by atoms with Crippen LogP contribution in [0.2, 0.25) is 0 Å². The van der Waals surface area contributed by atoms with E-state index in [0.717, 1.165) is 101 Å². The monoisotopic (exact) mass is 1010 g/mol. The third kappa shape index (κ3) is 14.8. The van der Waals surface area contributed by atoms with Gasteiger partial charge in [0, 0.05) is 65.1 Å². The number of hydrogen-bond acceptors (Lipinski definition) is 11. The second-order valence-corrected chi connectivity index (χ2v) is 21.1. The molecule has 14 nitrogen and oxygen atoms in total. The molecule has 2 fully saturated rings. The molecule has 4 amide bonds. The number of unbranched alkanes of at least 4 members (excludes halogenated alkanes) is 3. The highest BCUT2D eigenvalue weighted by molar-refractivity contribution is 7.13. The van der Waals surface area contributed by atoms with Crippen molar-refractivity contribution in [3.8, 4) is 27.7 Å². The molecule has 0 saturated carbocycles. The van der Waals surface area contributed by atoms with Gasteiger partial charge in [0.25, 0.3) is 0 Å². The minimum atomic E-state index is -0.888. The van der Waals surface area contributed by atoms with Crippen LogP contribution in [-0.2, 0) is 25.7 Å². The average molecular weight is 1010 g/mol. The largest absolute Gasteiger partial charge is 0.508 e. The Kier molecular flexibility index (Phi) is 18.9. The van der Waals surface area contributed by atoms with Gasteiger partial charge >= 0.3 is 0 Å². The topological polar surface area (TPSA) is 185 Å². The number of likely N-dealkylation sites (tertiary alicyclic amines) is 1. The van der Waals surface area contributed by atoms with E-state index in [1.807, 2.05) is 98.8 Å². The smallest absolute Gasteiger partial charge is 0.246 e. The van der Waals surface area contributed by atoms with Gasteiger partial charge in [-0.15, -0.1) is 11.3 Å². The molecule has 2 aliphatic heterocycles. The normalized spacial score (nSPS) is 17.0. The van der Waals surface area contributed by atoms with Gasteiger partial charge in [-0.05, 0) is 107 Å². The number of piperazine rings is 1. The number of aliphatic hydroxyl groups is 1. The predicted molar refractivity (Wildman–Crippen MR) is 287 cm³/mol. The number of aromatic hydroxyl groups is 2. The van der Waals surface area contributed by atoms with Gasteiger partial charge in [0.05, 0.1) is 22.2 Å². The number of aliphatic hydroxyl groups excluding tert-OH is 1. The van der Waals surface area contributed by atoms with E-state index in [0.29, 0.717) is 32.5 Å². The average Bonchev–Trinajstić information content (AvgIpc) is 4.01. The maximum Gasteiger partial charge on any atom is 0.246 e. The molecule has 0 aliphatic carbocycles. The number of phenolic OH excluding ortho intramolecular Hbond substituents is 2. The second kappa shape index (κ2) is 25.4. The highest BCUT2D eigenvalue weighted by Crippen LogP contribution is 2.36. The van der Waals surface area contributed by atoms with Crippen LogP contribution in [0, 0.1) is 12.3 Å². The molecule has 0 unspecified atom stereocenters. The van der Waals surface area contributed by atoms with Crippen molar-refractivity contribution in [2.45, 2.75) is 111 Å². The predicted octanol–water partition coefficient (Wildman–Crippen LogP) is 8.57. The minimum absolute atomic E-state index is 0.0119. The summed E-state index contributed by atoms with van der Waals surface area (Å²) in [6.07, 6.45) is 3.66. The molecule has 5 aromatic rings. The molecule has 73 heavy (non-hydrogen) atoms. The van der Waals surface area contributed by atoms with Gasteiger partial charge in [0.2, 0.25) is 23.6 Å². The SMILES string of the molecule is CCC(=C(c1ccc(O)cc1)c1ccc(OCCN2CCN(C(=O)CCCCCCC(=O)N[C@H](C(=O)N3C[C@H](O)C[C@H]3C(=O)NCc3ccc(-c4scnc4C)cc3)C(C)(C)C)CC2)cc1)c1ccc(O)cc1. The van der Waals surface area contributed by atoms with E-state index in [4.69, 9.17) is 4.74 Å². The highest BCUT2D eigenvalue weighted by Gasteiger charge is 2.44. The number of β-amino-alcohol motifs (C(OH)–C–C–N with tert-alkyl or cyclic N) is 1. The van der Waals surface area contributed by atoms with E-state index in [1.165, 1.54) is 4.90 Å². The van der Waals surface area contributed by atoms with E-state index in [1.54, 1.807) is 35.6 Å². The number of carbonyl (C=O) groups is 4. The number of hydrogen-bond donors (Lipinski definition) is 5. The minimum Gasteiger partial charge on any atom is -0.508 e. The van der Waals surface area contributed by atoms with Crippen molar-refractivity contribution in [1.82, 2.24) is 30.3 Å². The zero-order valence-corrected chi connectivity index (χ0v) is 43.8. The van der Waals surface area contributed by atoms with Gasteiger partial charge in [0.15, 0.2) is 0 Å². The van der Waals surface area contributed by atoms with Crippen molar-refractivity contribution in [1.29, 1.82) is 0 Å². The first kappa shape index (κ1) is 54.2. The fourth-order valence-electron chi connectivity index (χ4n) is 9.65. The molecule has 3 heterocycles. The van der Waals surface area contributed by atoms with E-state index in [2.05, 4.69) is 39.6 Å². The third-order valence-electron chi connectivity index (χ3n) is 13.8. The van der Waals surface area contributed by atoms with Crippen LogP contribution in [0.15, 0.2) is 103 Å². The zero-order chi connectivity index (χ0) is 52.1. The molecule has 1 aromatic heterocycles. The number of ether oxygens (including phenoxy) is 1. The Bertz CT molecular complexity index is 2650. The van der Waals surface area contributed by atoms with E-state index in [-0.39, 0.29) is 61.1 Å². The molecule has 15 heteroatoms. The van der Waals surface area contributed by atoms with Crippen LogP contribution in [0.5, 0.6) is 17.2 Å². The van der Waals surface area contributed by atoms with E-state index in [9.17, 15) is 34.5 Å². The summed E-state index contributed by atoms with van der Waals surface area (Å²) in [5, 5.41) is 36.4. The molecular formula is C58H72N6O8S. The number of aromatic nitrogens is 1. The Hall–Kier alpha value is -6.55. The van der Waals surface area contributed by atoms with Crippen molar-refractivity contribution >= 4 is 46.1 Å². The van der Waals surface area contributed by atoms with Crippen molar-refractivity contribution in [2.24, 2.45) is 5.41 Å². The lowest BCUT2D eigenvalue weighted by molar-refractivity contribution is -0.144. The van der Waals surface area contributed by atoms with E-state index >= 15 is 0 Å². The molecule has 0 spiro atoms. The number of aryl methyl sites for hydroxylation is 1. The summed E-state index contributed by atoms with van der Waals surface area (Å²) >= 11 is 1.58. The molecule has 388 valence electrons.